The number of rotatable bonds is 7. The van der Waals surface area contributed by atoms with E-state index in [1.807, 2.05) is 106 Å². The number of carbonyl (C=O) groups is 3. The predicted octanol–water partition coefficient (Wildman–Crippen LogP) is 5.09. The Morgan fingerprint density at radius 1 is 0.949 bits per heavy atom. The van der Waals surface area contributed by atoms with Crippen molar-refractivity contribution in [1.82, 2.24) is 5.32 Å². The number of nitrogens with zero attached hydrogens (tertiary/aromatic N) is 3. The number of Topliss-reactive ketones (excluding diaryl/α,β-unsaturated/α-hetero) is 1. The van der Waals surface area contributed by atoms with E-state index in [2.05, 4.69) is 10.6 Å². The Morgan fingerprint density at radius 2 is 1.59 bits per heavy atom. The van der Waals surface area contributed by atoms with Gasteiger partial charge in [-0.25, -0.2) is 9.79 Å². The molecule has 8 nitrogen and oxygen atoms in total. The van der Waals surface area contributed by atoms with Gasteiger partial charge in [0, 0.05) is 30.1 Å². The number of para-hydroxylation sites is 3. The van der Waals surface area contributed by atoms with Gasteiger partial charge in [0.1, 0.15) is 0 Å². The van der Waals surface area contributed by atoms with Crippen molar-refractivity contribution in [2.75, 3.05) is 35.3 Å². The first-order valence-corrected chi connectivity index (χ1v) is 13.0. The topological polar surface area (TPSA) is 94.1 Å². The van der Waals surface area contributed by atoms with Gasteiger partial charge in [0.05, 0.1) is 29.3 Å². The standard InChI is InChI=1S/C31H35N5O3/c1-6-35(5)25-19-13-11-17-23(25)32-30(39)34-28-29(38)36(20-26(37)31(2,3)4)24-18-12-10-16-22(24)27(33-28)21-14-8-7-9-15-21/h7-19,28H,6,20H2,1-5H3,(H2,32,34,39). The van der Waals surface area contributed by atoms with Crippen molar-refractivity contribution in [2.45, 2.75) is 33.9 Å². The molecule has 2 N–H and O–H groups in total. The maximum atomic E-state index is 14.0. The second-order valence-corrected chi connectivity index (χ2v) is 10.5. The Bertz CT molecular complexity index is 1390. The molecule has 3 aromatic carbocycles. The van der Waals surface area contributed by atoms with Gasteiger partial charge in [-0.2, -0.15) is 0 Å². The molecule has 3 aromatic rings. The monoisotopic (exact) mass is 525 g/mol. The SMILES string of the molecule is CCN(C)c1ccccc1NC(=O)NC1N=C(c2ccccc2)c2ccccc2N(CC(=O)C(C)(C)C)C1=O. The summed E-state index contributed by atoms with van der Waals surface area (Å²) in [6.45, 7) is 8.10. The maximum Gasteiger partial charge on any atom is 0.321 e. The number of nitrogens with one attached hydrogen (secondary N) is 2. The highest BCUT2D eigenvalue weighted by Crippen LogP contribution is 2.30. The summed E-state index contributed by atoms with van der Waals surface area (Å²) in [7, 11) is 1.94. The third kappa shape index (κ3) is 6.17. The zero-order valence-electron chi connectivity index (χ0n) is 23.1. The maximum absolute atomic E-state index is 14.0. The number of aliphatic imine (C=N–C) groups is 1. The lowest BCUT2D eigenvalue weighted by Gasteiger charge is -2.28. The van der Waals surface area contributed by atoms with Gasteiger partial charge >= 0.3 is 6.03 Å². The highest BCUT2D eigenvalue weighted by atomic mass is 16.2. The van der Waals surface area contributed by atoms with Gasteiger partial charge in [0.2, 0.25) is 6.17 Å². The number of anilines is 3. The van der Waals surface area contributed by atoms with Crippen LogP contribution in [0.3, 0.4) is 0 Å². The molecule has 0 spiro atoms. The van der Waals surface area contributed by atoms with Crippen LogP contribution in [0.1, 0.15) is 38.8 Å². The minimum Gasteiger partial charge on any atom is -0.373 e. The largest absolute Gasteiger partial charge is 0.373 e. The van der Waals surface area contributed by atoms with Gasteiger partial charge in [-0.1, -0.05) is 81.4 Å². The quantitative estimate of drug-likeness (QED) is 0.449. The Balaban J connectivity index is 1.74. The van der Waals surface area contributed by atoms with E-state index in [0.29, 0.717) is 22.6 Å². The van der Waals surface area contributed by atoms with Crippen LogP contribution in [0.5, 0.6) is 0 Å². The Morgan fingerprint density at radius 3 is 2.28 bits per heavy atom. The molecule has 8 heteroatoms. The summed E-state index contributed by atoms with van der Waals surface area (Å²) in [5, 5.41) is 5.63. The first kappa shape index (κ1) is 27.6. The van der Waals surface area contributed by atoms with Crippen molar-refractivity contribution in [3.05, 3.63) is 90.0 Å². The number of benzodiazepines with no additional fused rings is 1. The molecule has 3 amide bonds. The lowest BCUT2D eigenvalue weighted by Crippen LogP contribution is -2.50. The Kier molecular flexibility index (Phi) is 8.14. The smallest absolute Gasteiger partial charge is 0.321 e. The van der Waals surface area contributed by atoms with Crippen molar-refractivity contribution < 1.29 is 14.4 Å². The average Bonchev–Trinajstić information content (AvgIpc) is 3.03. The van der Waals surface area contributed by atoms with E-state index in [-0.39, 0.29) is 12.3 Å². The van der Waals surface area contributed by atoms with Crippen LogP contribution in [-0.2, 0) is 9.59 Å². The molecule has 0 saturated carbocycles. The van der Waals surface area contributed by atoms with Crippen LogP contribution in [0.4, 0.5) is 21.9 Å². The van der Waals surface area contributed by atoms with Crippen LogP contribution in [0.25, 0.3) is 0 Å². The van der Waals surface area contributed by atoms with Gasteiger partial charge in [0.15, 0.2) is 5.78 Å². The summed E-state index contributed by atoms with van der Waals surface area (Å²) in [6, 6.07) is 23.8. The van der Waals surface area contributed by atoms with Gasteiger partial charge in [0.25, 0.3) is 5.91 Å². The minimum absolute atomic E-state index is 0.103. The lowest BCUT2D eigenvalue weighted by atomic mass is 9.90. The van der Waals surface area contributed by atoms with E-state index < -0.39 is 23.5 Å². The molecule has 1 aliphatic rings. The first-order chi connectivity index (χ1) is 18.6. The van der Waals surface area contributed by atoms with Crippen molar-refractivity contribution in [3.8, 4) is 0 Å². The second kappa shape index (κ2) is 11.5. The first-order valence-electron chi connectivity index (χ1n) is 13.0. The van der Waals surface area contributed by atoms with Gasteiger partial charge in [-0.05, 0) is 25.1 Å². The third-order valence-electron chi connectivity index (χ3n) is 6.70. The number of fused-ring (bicyclic) bond motifs is 1. The van der Waals surface area contributed by atoms with Gasteiger partial charge in [-0.3, -0.25) is 9.59 Å². The zero-order chi connectivity index (χ0) is 28.2. The molecule has 1 unspecified atom stereocenters. The van der Waals surface area contributed by atoms with Crippen LogP contribution in [0, 0.1) is 5.41 Å². The van der Waals surface area contributed by atoms with Crippen LogP contribution < -0.4 is 20.4 Å². The number of ketones is 1. The normalized spacial score (nSPS) is 15.1. The van der Waals surface area contributed by atoms with Gasteiger partial charge < -0.3 is 20.4 Å². The highest BCUT2D eigenvalue weighted by molar-refractivity contribution is 6.21. The highest BCUT2D eigenvalue weighted by Gasteiger charge is 2.36. The fourth-order valence-corrected chi connectivity index (χ4v) is 4.26. The molecular formula is C31H35N5O3. The summed E-state index contributed by atoms with van der Waals surface area (Å²) in [4.78, 5) is 48.6. The summed E-state index contributed by atoms with van der Waals surface area (Å²) in [6.07, 6.45) is -1.25. The lowest BCUT2D eigenvalue weighted by molar-refractivity contribution is -0.127. The fraction of sp³-hybridized carbons (Fsp3) is 0.290. The summed E-state index contributed by atoms with van der Waals surface area (Å²) >= 11 is 0. The summed E-state index contributed by atoms with van der Waals surface area (Å²) < 4.78 is 0. The molecule has 0 aromatic heterocycles. The molecule has 0 radical (unpaired) electrons. The molecule has 1 heterocycles. The predicted molar refractivity (Wildman–Crippen MR) is 157 cm³/mol. The van der Waals surface area contributed by atoms with Crippen molar-refractivity contribution in [2.24, 2.45) is 10.4 Å². The van der Waals surface area contributed by atoms with E-state index in [9.17, 15) is 14.4 Å². The van der Waals surface area contributed by atoms with E-state index in [0.717, 1.165) is 17.8 Å². The second-order valence-electron chi connectivity index (χ2n) is 10.5. The number of hydrogen-bond acceptors (Lipinski definition) is 5. The fourth-order valence-electron chi connectivity index (χ4n) is 4.26. The number of hydrogen-bond donors (Lipinski definition) is 2. The third-order valence-corrected chi connectivity index (χ3v) is 6.70. The van der Waals surface area contributed by atoms with Crippen molar-refractivity contribution in [3.63, 3.8) is 0 Å². The van der Waals surface area contributed by atoms with E-state index in [1.54, 1.807) is 12.1 Å². The molecule has 1 aliphatic heterocycles. The van der Waals surface area contributed by atoms with E-state index >= 15 is 0 Å². The van der Waals surface area contributed by atoms with E-state index in [4.69, 9.17) is 4.99 Å². The van der Waals surface area contributed by atoms with Crippen LogP contribution in [0.15, 0.2) is 83.9 Å². The molecule has 39 heavy (non-hydrogen) atoms. The average molecular weight is 526 g/mol. The zero-order valence-corrected chi connectivity index (χ0v) is 23.1. The number of benzene rings is 3. The molecule has 1 atom stereocenters. The molecule has 202 valence electrons. The molecule has 0 aliphatic carbocycles. The Hall–Kier alpha value is -4.46. The van der Waals surface area contributed by atoms with Crippen LogP contribution in [-0.4, -0.2) is 49.7 Å². The molecule has 0 fully saturated rings. The van der Waals surface area contributed by atoms with Crippen molar-refractivity contribution >= 4 is 40.5 Å². The minimum atomic E-state index is -1.25. The summed E-state index contributed by atoms with van der Waals surface area (Å²) in [5.41, 5.74) is 3.43. The number of urea groups is 1. The number of carbonyl (C=O) groups excluding carboxylic acids is 3. The molecule has 0 bridgehead atoms. The molecule has 4 rings (SSSR count). The summed E-state index contributed by atoms with van der Waals surface area (Å²) in [5.74, 6) is -0.589. The van der Waals surface area contributed by atoms with Crippen molar-refractivity contribution in [1.29, 1.82) is 0 Å². The molecule has 0 saturated heterocycles. The van der Waals surface area contributed by atoms with Crippen LogP contribution >= 0.6 is 0 Å². The van der Waals surface area contributed by atoms with E-state index in [1.165, 1.54) is 4.90 Å². The molecular weight excluding hydrogens is 490 g/mol. The number of amides is 3. The Labute approximate surface area is 229 Å². The van der Waals surface area contributed by atoms with Gasteiger partial charge in [-0.15, -0.1) is 0 Å². The van der Waals surface area contributed by atoms with Crippen LogP contribution in [0.2, 0.25) is 0 Å².